The van der Waals surface area contributed by atoms with Crippen LogP contribution in [0.2, 0.25) is 0 Å². The summed E-state index contributed by atoms with van der Waals surface area (Å²) in [5, 5.41) is 27.1. The van der Waals surface area contributed by atoms with E-state index in [9.17, 15) is 19.8 Å². The molecule has 4 N–H and O–H groups in total. The summed E-state index contributed by atoms with van der Waals surface area (Å²) in [6.45, 7) is 3.71. The van der Waals surface area contributed by atoms with Crippen LogP contribution in [-0.4, -0.2) is 46.3 Å². The highest BCUT2D eigenvalue weighted by molar-refractivity contribution is 5.84. The maximum absolute atomic E-state index is 12.7. The number of nitrogens with one attached hydrogen (secondary N) is 2. The molecular formula is C20H28N2O4. The average molecular weight is 360 g/mol. The van der Waals surface area contributed by atoms with Crippen molar-refractivity contribution in [2.45, 2.75) is 57.4 Å². The first-order valence-electron chi connectivity index (χ1n) is 9.37. The van der Waals surface area contributed by atoms with Gasteiger partial charge in [0.25, 0.3) is 0 Å². The second kappa shape index (κ2) is 7.76. The van der Waals surface area contributed by atoms with Crippen molar-refractivity contribution in [3.63, 3.8) is 0 Å². The van der Waals surface area contributed by atoms with Crippen molar-refractivity contribution in [3.05, 3.63) is 35.9 Å². The molecule has 26 heavy (non-hydrogen) atoms. The van der Waals surface area contributed by atoms with E-state index in [1.807, 2.05) is 44.2 Å². The molecule has 6 atom stereocenters. The van der Waals surface area contributed by atoms with Crippen molar-refractivity contribution in [3.8, 4) is 0 Å². The molecule has 0 saturated carbocycles. The van der Waals surface area contributed by atoms with Gasteiger partial charge in [-0.1, -0.05) is 30.3 Å². The summed E-state index contributed by atoms with van der Waals surface area (Å²) in [5.41, 5.74) is 0.981. The third kappa shape index (κ3) is 3.91. The Hall–Kier alpha value is -1.92. The molecule has 142 valence electrons. The smallest absolute Gasteiger partial charge is 0.226 e. The number of hydrogen-bond donors (Lipinski definition) is 4. The predicted molar refractivity (Wildman–Crippen MR) is 97.1 cm³/mol. The lowest BCUT2D eigenvalue weighted by Gasteiger charge is -2.43. The summed E-state index contributed by atoms with van der Waals surface area (Å²) in [6, 6.07) is 9.41. The van der Waals surface area contributed by atoms with E-state index in [4.69, 9.17) is 0 Å². The summed E-state index contributed by atoms with van der Waals surface area (Å²) >= 11 is 0. The van der Waals surface area contributed by atoms with Crippen molar-refractivity contribution in [2.75, 3.05) is 0 Å². The van der Waals surface area contributed by atoms with Crippen LogP contribution in [0.25, 0.3) is 0 Å². The lowest BCUT2D eigenvalue weighted by atomic mass is 9.68. The van der Waals surface area contributed by atoms with Gasteiger partial charge in [-0.05, 0) is 44.6 Å². The minimum absolute atomic E-state index is 0.101. The molecule has 6 unspecified atom stereocenters. The Kier molecular flexibility index (Phi) is 5.63. The minimum atomic E-state index is -0.827. The van der Waals surface area contributed by atoms with E-state index in [0.717, 1.165) is 5.56 Å². The summed E-state index contributed by atoms with van der Waals surface area (Å²) in [4.78, 5) is 25.4. The van der Waals surface area contributed by atoms with Crippen LogP contribution in [0.5, 0.6) is 0 Å². The summed E-state index contributed by atoms with van der Waals surface area (Å²) in [5.74, 6) is -2.38. The molecule has 0 aliphatic carbocycles. The highest BCUT2D eigenvalue weighted by Crippen LogP contribution is 2.36. The summed E-state index contributed by atoms with van der Waals surface area (Å²) in [7, 11) is 0. The standard InChI is InChI=1S/C20H28N2O4/c1-11-8-15(23)17(19(25)21-11)14(10-13-6-4-3-5-7-13)18-16(24)9-12(2)22-20(18)26/h3-7,11-12,14-18,23-24H,8-10H2,1-2H3,(H,21,25)(H,22,26). The molecule has 6 heteroatoms. The number of benzene rings is 1. The van der Waals surface area contributed by atoms with E-state index in [-0.39, 0.29) is 23.9 Å². The molecule has 0 radical (unpaired) electrons. The Bertz CT molecular complexity index is 614. The Balaban J connectivity index is 1.93. The lowest BCUT2D eigenvalue weighted by Crippen LogP contribution is -2.59. The zero-order chi connectivity index (χ0) is 18.8. The topological polar surface area (TPSA) is 98.7 Å². The quantitative estimate of drug-likeness (QED) is 0.632. The summed E-state index contributed by atoms with van der Waals surface area (Å²) < 4.78 is 0. The Morgan fingerprint density at radius 2 is 1.38 bits per heavy atom. The fourth-order valence-corrected chi connectivity index (χ4v) is 4.49. The Morgan fingerprint density at radius 3 is 1.81 bits per heavy atom. The lowest BCUT2D eigenvalue weighted by molar-refractivity contribution is -0.146. The fourth-order valence-electron chi connectivity index (χ4n) is 4.49. The van der Waals surface area contributed by atoms with Crippen LogP contribution in [0, 0.1) is 17.8 Å². The van der Waals surface area contributed by atoms with Crippen molar-refractivity contribution >= 4 is 11.8 Å². The van der Waals surface area contributed by atoms with Crippen molar-refractivity contribution in [1.29, 1.82) is 0 Å². The van der Waals surface area contributed by atoms with Crippen molar-refractivity contribution in [1.82, 2.24) is 10.6 Å². The van der Waals surface area contributed by atoms with Gasteiger partial charge < -0.3 is 20.8 Å². The average Bonchev–Trinajstić information content (AvgIpc) is 2.53. The van der Waals surface area contributed by atoms with Crippen LogP contribution in [0.1, 0.15) is 32.3 Å². The van der Waals surface area contributed by atoms with Gasteiger partial charge in [-0.2, -0.15) is 0 Å². The number of aliphatic hydroxyl groups excluding tert-OH is 2. The zero-order valence-corrected chi connectivity index (χ0v) is 15.3. The van der Waals surface area contributed by atoms with E-state index in [0.29, 0.717) is 19.3 Å². The molecule has 2 aliphatic rings. The molecule has 2 heterocycles. The third-order valence-electron chi connectivity index (χ3n) is 5.64. The first-order valence-corrected chi connectivity index (χ1v) is 9.37. The molecule has 2 aliphatic heterocycles. The maximum atomic E-state index is 12.7. The number of aliphatic hydroxyl groups is 2. The van der Waals surface area contributed by atoms with E-state index in [1.165, 1.54) is 0 Å². The van der Waals surface area contributed by atoms with Gasteiger partial charge in [-0.25, -0.2) is 0 Å². The monoisotopic (exact) mass is 360 g/mol. The molecule has 1 aromatic carbocycles. The molecule has 2 saturated heterocycles. The maximum Gasteiger partial charge on any atom is 0.226 e. The second-order valence-electron chi connectivity index (χ2n) is 7.83. The normalized spacial score (nSPS) is 36.2. The molecular weight excluding hydrogens is 332 g/mol. The van der Waals surface area contributed by atoms with Crippen LogP contribution in [0.4, 0.5) is 0 Å². The van der Waals surface area contributed by atoms with Crippen LogP contribution in [0.3, 0.4) is 0 Å². The highest BCUT2D eigenvalue weighted by Gasteiger charge is 2.48. The van der Waals surface area contributed by atoms with Crippen LogP contribution in [0.15, 0.2) is 30.3 Å². The van der Waals surface area contributed by atoms with Crippen molar-refractivity contribution < 1.29 is 19.8 Å². The van der Waals surface area contributed by atoms with Crippen LogP contribution < -0.4 is 10.6 Å². The van der Waals surface area contributed by atoms with Crippen LogP contribution >= 0.6 is 0 Å². The van der Waals surface area contributed by atoms with Gasteiger partial charge in [-0.3, -0.25) is 9.59 Å². The largest absolute Gasteiger partial charge is 0.392 e. The van der Waals surface area contributed by atoms with Gasteiger partial charge in [0.2, 0.25) is 11.8 Å². The molecule has 0 bridgehead atoms. The molecule has 0 aromatic heterocycles. The first-order chi connectivity index (χ1) is 12.4. The van der Waals surface area contributed by atoms with E-state index in [2.05, 4.69) is 10.6 Å². The number of rotatable bonds is 4. The molecule has 6 nitrogen and oxygen atoms in total. The number of piperidine rings is 2. The van der Waals surface area contributed by atoms with Gasteiger partial charge in [-0.15, -0.1) is 0 Å². The minimum Gasteiger partial charge on any atom is -0.392 e. The van der Waals surface area contributed by atoms with Crippen molar-refractivity contribution in [2.24, 2.45) is 17.8 Å². The Morgan fingerprint density at radius 1 is 0.923 bits per heavy atom. The van der Waals surface area contributed by atoms with E-state index >= 15 is 0 Å². The number of carbonyl (C=O) groups is 2. The highest BCUT2D eigenvalue weighted by atomic mass is 16.3. The molecule has 2 amide bonds. The SMILES string of the molecule is CC1CC(O)C(C(Cc2ccccc2)C2C(=O)NC(C)CC2O)C(=O)N1. The first kappa shape index (κ1) is 18.9. The van der Waals surface area contributed by atoms with Gasteiger partial charge in [0, 0.05) is 12.1 Å². The molecule has 1 aromatic rings. The van der Waals surface area contributed by atoms with Gasteiger partial charge in [0.1, 0.15) is 0 Å². The molecule has 2 fully saturated rings. The number of carbonyl (C=O) groups excluding carboxylic acids is 2. The Labute approximate surface area is 154 Å². The third-order valence-corrected chi connectivity index (χ3v) is 5.64. The zero-order valence-electron chi connectivity index (χ0n) is 15.3. The van der Waals surface area contributed by atoms with Gasteiger partial charge in [0.05, 0.1) is 24.0 Å². The van der Waals surface area contributed by atoms with Crippen LogP contribution in [-0.2, 0) is 16.0 Å². The number of hydrogen-bond acceptors (Lipinski definition) is 4. The predicted octanol–water partition coefficient (Wildman–Crippen LogP) is 0.616. The number of amides is 2. The summed E-state index contributed by atoms with van der Waals surface area (Å²) in [6.07, 6.45) is -0.308. The van der Waals surface area contributed by atoms with Gasteiger partial charge in [0.15, 0.2) is 0 Å². The fraction of sp³-hybridized carbons (Fsp3) is 0.600. The van der Waals surface area contributed by atoms with E-state index < -0.39 is 30.0 Å². The molecule has 0 spiro atoms. The second-order valence-corrected chi connectivity index (χ2v) is 7.83. The van der Waals surface area contributed by atoms with Gasteiger partial charge >= 0.3 is 0 Å². The molecule has 3 rings (SSSR count). The van der Waals surface area contributed by atoms with E-state index in [1.54, 1.807) is 0 Å².